The van der Waals surface area contributed by atoms with Gasteiger partial charge in [-0.3, -0.25) is 4.72 Å². The van der Waals surface area contributed by atoms with E-state index < -0.39 is 10.0 Å². The quantitative estimate of drug-likeness (QED) is 0.829. The van der Waals surface area contributed by atoms with Gasteiger partial charge >= 0.3 is 0 Å². The molecule has 18 heavy (non-hydrogen) atoms. The topological polar surface area (TPSA) is 98.0 Å². The van der Waals surface area contributed by atoms with Crippen LogP contribution in [-0.2, 0) is 16.4 Å². The van der Waals surface area contributed by atoms with Gasteiger partial charge in [-0.1, -0.05) is 6.92 Å². The molecular weight excluding hydrogens is 272 g/mol. The lowest BCUT2D eigenvalue weighted by Gasteiger charge is -2.06. The molecule has 0 radical (unpaired) electrons. The van der Waals surface area contributed by atoms with Crippen LogP contribution in [-0.4, -0.2) is 17.2 Å². The Balaban J connectivity index is 2.30. The van der Waals surface area contributed by atoms with Crippen molar-refractivity contribution in [2.45, 2.75) is 18.2 Å². The maximum atomic E-state index is 12.1. The number of sulfonamides is 1. The zero-order valence-electron chi connectivity index (χ0n) is 9.62. The standard InChI is InChI=1S/C10H12N4O2S2/c1-2-9-10(13-17-12-9)14-18(15,16)8-5-3-7(11)4-6-8/h3-6H,2,11H2,1H3,(H,13,14). The van der Waals surface area contributed by atoms with Gasteiger partial charge in [0.15, 0.2) is 5.82 Å². The molecule has 6 nitrogen and oxygen atoms in total. The monoisotopic (exact) mass is 284 g/mol. The number of aryl methyl sites for hydroxylation is 1. The van der Waals surface area contributed by atoms with Crippen LogP contribution in [0.1, 0.15) is 12.6 Å². The number of hydrogen-bond donors (Lipinski definition) is 2. The van der Waals surface area contributed by atoms with Gasteiger partial charge in [0.1, 0.15) is 0 Å². The number of rotatable bonds is 4. The maximum absolute atomic E-state index is 12.1. The van der Waals surface area contributed by atoms with Crippen LogP contribution < -0.4 is 10.5 Å². The molecule has 0 aliphatic rings. The zero-order valence-corrected chi connectivity index (χ0v) is 11.3. The summed E-state index contributed by atoms with van der Waals surface area (Å²) in [4.78, 5) is 0.145. The van der Waals surface area contributed by atoms with E-state index in [1.165, 1.54) is 24.3 Å². The fourth-order valence-corrected chi connectivity index (χ4v) is 3.02. The summed E-state index contributed by atoms with van der Waals surface area (Å²) in [5, 5.41) is 0. The Morgan fingerprint density at radius 2 is 1.94 bits per heavy atom. The van der Waals surface area contributed by atoms with Gasteiger partial charge in [0, 0.05) is 5.69 Å². The average Bonchev–Trinajstić information content (AvgIpc) is 2.76. The lowest BCUT2D eigenvalue weighted by Crippen LogP contribution is -2.14. The Hall–Kier alpha value is -1.67. The highest BCUT2D eigenvalue weighted by atomic mass is 32.2. The van der Waals surface area contributed by atoms with Gasteiger partial charge in [0.25, 0.3) is 10.0 Å². The molecule has 0 bridgehead atoms. The van der Waals surface area contributed by atoms with Crippen molar-refractivity contribution in [3.63, 3.8) is 0 Å². The van der Waals surface area contributed by atoms with Crippen LogP contribution in [0.15, 0.2) is 29.2 Å². The summed E-state index contributed by atoms with van der Waals surface area (Å²) in [6.07, 6.45) is 0.621. The summed E-state index contributed by atoms with van der Waals surface area (Å²) in [5.74, 6) is 0.291. The fourth-order valence-electron chi connectivity index (χ4n) is 1.35. The first-order valence-corrected chi connectivity index (χ1v) is 7.44. The Morgan fingerprint density at radius 1 is 1.28 bits per heavy atom. The maximum Gasteiger partial charge on any atom is 0.263 e. The molecule has 0 amide bonds. The predicted octanol–water partition coefficient (Wildman–Crippen LogP) is 1.48. The summed E-state index contributed by atoms with van der Waals surface area (Å²) in [6.45, 7) is 1.89. The molecule has 0 spiro atoms. The lowest BCUT2D eigenvalue weighted by atomic mass is 10.3. The van der Waals surface area contributed by atoms with E-state index in [2.05, 4.69) is 13.5 Å². The lowest BCUT2D eigenvalue weighted by molar-refractivity contribution is 0.601. The van der Waals surface area contributed by atoms with Gasteiger partial charge < -0.3 is 5.73 Å². The number of nitrogen functional groups attached to an aromatic ring is 1. The smallest absolute Gasteiger partial charge is 0.263 e. The van der Waals surface area contributed by atoms with Gasteiger partial charge in [0.2, 0.25) is 0 Å². The fraction of sp³-hybridized carbons (Fsp3) is 0.200. The molecule has 0 aliphatic heterocycles. The molecule has 0 aliphatic carbocycles. The molecule has 0 saturated carbocycles. The number of hydrogen-bond acceptors (Lipinski definition) is 6. The summed E-state index contributed by atoms with van der Waals surface area (Å²) < 4.78 is 34.5. The second kappa shape index (κ2) is 4.91. The van der Waals surface area contributed by atoms with E-state index in [1.807, 2.05) is 6.92 Å². The molecule has 0 saturated heterocycles. The SMILES string of the molecule is CCc1nsnc1NS(=O)(=O)c1ccc(N)cc1. The normalized spacial score (nSPS) is 11.4. The first-order chi connectivity index (χ1) is 8.53. The van der Waals surface area contributed by atoms with Crippen LogP contribution in [0.3, 0.4) is 0 Å². The van der Waals surface area contributed by atoms with E-state index in [0.717, 1.165) is 11.7 Å². The molecule has 3 N–H and O–H groups in total. The van der Waals surface area contributed by atoms with E-state index >= 15 is 0 Å². The van der Waals surface area contributed by atoms with Gasteiger partial charge in [-0.25, -0.2) is 8.42 Å². The molecule has 1 heterocycles. The van der Waals surface area contributed by atoms with E-state index in [1.54, 1.807) is 0 Å². The first kappa shape index (κ1) is 12.8. The van der Waals surface area contributed by atoms with Crippen LogP contribution in [0.4, 0.5) is 11.5 Å². The zero-order chi connectivity index (χ0) is 13.2. The van der Waals surface area contributed by atoms with Crippen molar-refractivity contribution in [3.8, 4) is 0 Å². The second-order valence-corrected chi connectivity index (χ2v) is 5.80. The van der Waals surface area contributed by atoms with Gasteiger partial charge in [-0.15, -0.1) is 0 Å². The van der Waals surface area contributed by atoms with Crippen LogP contribution in [0, 0.1) is 0 Å². The van der Waals surface area contributed by atoms with Gasteiger partial charge in [0.05, 0.1) is 22.3 Å². The van der Waals surface area contributed by atoms with Gasteiger partial charge in [-0.2, -0.15) is 8.75 Å². The summed E-state index contributed by atoms with van der Waals surface area (Å²) in [7, 11) is -3.63. The molecular formula is C10H12N4O2S2. The molecule has 1 aromatic heterocycles. The van der Waals surface area contributed by atoms with Crippen LogP contribution >= 0.6 is 11.7 Å². The van der Waals surface area contributed by atoms with Crippen molar-refractivity contribution in [1.29, 1.82) is 0 Å². The van der Waals surface area contributed by atoms with Crippen molar-refractivity contribution in [2.24, 2.45) is 0 Å². The molecule has 1 aromatic carbocycles. The van der Waals surface area contributed by atoms with Crippen molar-refractivity contribution in [2.75, 3.05) is 10.5 Å². The number of nitrogens with two attached hydrogens (primary N) is 1. The van der Waals surface area contributed by atoms with Crippen molar-refractivity contribution in [3.05, 3.63) is 30.0 Å². The Morgan fingerprint density at radius 3 is 2.56 bits per heavy atom. The molecule has 0 fully saturated rings. The van der Waals surface area contributed by atoms with Gasteiger partial charge in [-0.05, 0) is 30.7 Å². The van der Waals surface area contributed by atoms with Crippen LogP contribution in [0.25, 0.3) is 0 Å². The molecule has 2 rings (SSSR count). The van der Waals surface area contributed by atoms with Crippen LogP contribution in [0.5, 0.6) is 0 Å². The molecule has 2 aromatic rings. The van der Waals surface area contributed by atoms with Crippen molar-refractivity contribution >= 4 is 33.3 Å². The average molecular weight is 284 g/mol. The van der Waals surface area contributed by atoms with E-state index in [9.17, 15) is 8.42 Å². The highest BCUT2D eigenvalue weighted by molar-refractivity contribution is 7.92. The third-order valence-electron chi connectivity index (χ3n) is 2.31. The predicted molar refractivity (Wildman–Crippen MR) is 70.9 cm³/mol. The van der Waals surface area contributed by atoms with E-state index in [0.29, 0.717) is 23.6 Å². The summed E-state index contributed by atoms with van der Waals surface area (Å²) in [5.41, 5.74) is 6.67. The van der Waals surface area contributed by atoms with E-state index in [-0.39, 0.29) is 4.90 Å². The number of nitrogens with one attached hydrogen (secondary N) is 1. The van der Waals surface area contributed by atoms with Crippen molar-refractivity contribution in [1.82, 2.24) is 8.75 Å². The minimum absolute atomic E-state index is 0.145. The summed E-state index contributed by atoms with van der Waals surface area (Å²) >= 11 is 0.982. The minimum atomic E-state index is -3.63. The highest BCUT2D eigenvalue weighted by Gasteiger charge is 2.17. The Kier molecular flexibility index (Phi) is 3.48. The number of aromatic nitrogens is 2. The minimum Gasteiger partial charge on any atom is -0.399 e. The molecule has 8 heteroatoms. The number of benzene rings is 1. The van der Waals surface area contributed by atoms with Crippen LogP contribution in [0.2, 0.25) is 0 Å². The first-order valence-electron chi connectivity index (χ1n) is 5.22. The molecule has 0 atom stereocenters. The largest absolute Gasteiger partial charge is 0.399 e. The van der Waals surface area contributed by atoms with E-state index in [4.69, 9.17) is 5.73 Å². The molecule has 96 valence electrons. The van der Waals surface area contributed by atoms with Crippen molar-refractivity contribution < 1.29 is 8.42 Å². The highest BCUT2D eigenvalue weighted by Crippen LogP contribution is 2.19. The molecule has 0 unspecified atom stereocenters. The number of nitrogens with zero attached hydrogens (tertiary/aromatic N) is 2. The second-order valence-electron chi connectivity index (χ2n) is 3.59. The third kappa shape index (κ3) is 2.59. The number of anilines is 2. The Labute approximate surface area is 109 Å². The summed E-state index contributed by atoms with van der Waals surface area (Å²) in [6, 6.07) is 5.97. The Bertz CT molecular complexity index is 634. The third-order valence-corrected chi connectivity index (χ3v) is 4.23.